The molecule has 26 heavy (non-hydrogen) atoms. The van der Waals surface area contributed by atoms with Crippen LogP contribution in [0.4, 0.5) is 11.6 Å². The summed E-state index contributed by atoms with van der Waals surface area (Å²) in [4.78, 5) is 24.3. The summed E-state index contributed by atoms with van der Waals surface area (Å²) in [7, 11) is 0. The van der Waals surface area contributed by atoms with Gasteiger partial charge in [0.1, 0.15) is 0 Å². The van der Waals surface area contributed by atoms with Crippen molar-refractivity contribution in [1.29, 1.82) is 0 Å². The standard InChI is InChI=1S/C21H18N4O/c1-2-14-8-10-16(11-9-14)23-21-24-19-18(20(26)25-21)17(12-13-22-19)15-6-4-3-5-7-15/h3-13H,2H2,1H3,(H2,22,23,24,25,26). The maximum atomic E-state index is 12.7. The summed E-state index contributed by atoms with van der Waals surface area (Å²) in [6.07, 6.45) is 2.66. The zero-order valence-corrected chi connectivity index (χ0v) is 14.4. The molecule has 0 unspecified atom stereocenters. The van der Waals surface area contributed by atoms with Crippen LogP contribution < -0.4 is 10.9 Å². The van der Waals surface area contributed by atoms with Gasteiger partial charge in [0.2, 0.25) is 5.95 Å². The van der Waals surface area contributed by atoms with Crippen LogP contribution in [0.3, 0.4) is 0 Å². The number of rotatable bonds is 4. The van der Waals surface area contributed by atoms with Crippen LogP contribution >= 0.6 is 0 Å². The summed E-state index contributed by atoms with van der Waals surface area (Å²) < 4.78 is 0. The van der Waals surface area contributed by atoms with E-state index >= 15 is 0 Å². The zero-order chi connectivity index (χ0) is 17.9. The molecule has 0 aliphatic rings. The maximum absolute atomic E-state index is 12.7. The summed E-state index contributed by atoms with van der Waals surface area (Å²) in [6, 6.07) is 19.6. The predicted molar refractivity (Wildman–Crippen MR) is 105 cm³/mol. The number of aromatic amines is 1. The molecule has 0 fully saturated rings. The Hall–Kier alpha value is -3.47. The number of hydrogen-bond donors (Lipinski definition) is 2. The van der Waals surface area contributed by atoms with Crippen LogP contribution in [-0.2, 0) is 6.42 Å². The van der Waals surface area contributed by atoms with Crippen LogP contribution in [0.2, 0.25) is 0 Å². The van der Waals surface area contributed by atoms with Gasteiger partial charge in [-0.1, -0.05) is 49.4 Å². The summed E-state index contributed by atoms with van der Waals surface area (Å²) in [5, 5.41) is 3.63. The van der Waals surface area contributed by atoms with Gasteiger partial charge < -0.3 is 5.32 Å². The fourth-order valence-corrected chi connectivity index (χ4v) is 2.94. The van der Waals surface area contributed by atoms with Crippen molar-refractivity contribution in [3.8, 4) is 11.1 Å². The van der Waals surface area contributed by atoms with Crippen molar-refractivity contribution in [2.24, 2.45) is 0 Å². The van der Waals surface area contributed by atoms with E-state index < -0.39 is 0 Å². The Morgan fingerprint density at radius 2 is 1.77 bits per heavy atom. The van der Waals surface area contributed by atoms with Crippen LogP contribution in [0, 0.1) is 0 Å². The fourth-order valence-electron chi connectivity index (χ4n) is 2.94. The minimum Gasteiger partial charge on any atom is -0.326 e. The highest BCUT2D eigenvalue weighted by Crippen LogP contribution is 2.24. The first-order valence-electron chi connectivity index (χ1n) is 8.55. The molecule has 0 aliphatic heterocycles. The van der Waals surface area contributed by atoms with Gasteiger partial charge in [-0.2, -0.15) is 4.98 Å². The van der Waals surface area contributed by atoms with E-state index in [1.54, 1.807) is 6.20 Å². The molecule has 0 bridgehead atoms. The Balaban J connectivity index is 1.76. The van der Waals surface area contributed by atoms with Crippen molar-refractivity contribution in [3.63, 3.8) is 0 Å². The molecule has 4 rings (SSSR count). The van der Waals surface area contributed by atoms with Crippen molar-refractivity contribution in [3.05, 3.63) is 82.8 Å². The minimum absolute atomic E-state index is 0.213. The van der Waals surface area contributed by atoms with Crippen LogP contribution in [0.25, 0.3) is 22.2 Å². The average Bonchev–Trinajstić information content (AvgIpc) is 2.69. The third-order valence-electron chi connectivity index (χ3n) is 4.32. The topological polar surface area (TPSA) is 70.7 Å². The number of nitrogens with one attached hydrogen (secondary N) is 2. The highest BCUT2D eigenvalue weighted by atomic mass is 16.1. The second-order valence-corrected chi connectivity index (χ2v) is 6.01. The van der Waals surface area contributed by atoms with Crippen LogP contribution in [0.5, 0.6) is 0 Å². The lowest BCUT2D eigenvalue weighted by Crippen LogP contribution is -2.13. The molecule has 0 saturated heterocycles. The van der Waals surface area contributed by atoms with Gasteiger partial charge in [0.25, 0.3) is 5.56 Å². The molecule has 0 radical (unpaired) electrons. The minimum atomic E-state index is -0.213. The van der Waals surface area contributed by atoms with E-state index in [1.165, 1.54) is 5.56 Å². The van der Waals surface area contributed by atoms with Crippen molar-refractivity contribution < 1.29 is 0 Å². The molecule has 4 aromatic rings. The molecule has 5 nitrogen and oxygen atoms in total. The normalized spacial score (nSPS) is 10.8. The third-order valence-corrected chi connectivity index (χ3v) is 4.32. The lowest BCUT2D eigenvalue weighted by atomic mass is 10.0. The second kappa shape index (κ2) is 6.80. The number of anilines is 2. The molecule has 0 saturated carbocycles. The van der Waals surface area contributed by atoms with E-state index in [2.05, 4.69) is 27.2 Å². The molecular weight excluding hydrogens is 324 g/mol. The van der Waals surface area contributed by atoms with Crippen LogP contribution in [-0.4, -0.2) is 15.0 Å². The Morgan fingerprint density at radius 3 is 2.50 bits per heavy atom. The van der Waals surface area contributed by atoms with Crippen molar-refractivity contribution >= 4 is 22.7 Å². The number of aryl methyl sites for hydroxylation is 1. The van der Waals surface area contributed by atoms with E-state index in [9.17, 15) is 4.79 Å². The summed E-state index contributed by atoms with van der Waals surface area (Å²) in [5.74, 6) is 0.379. The molecule has 2 aromatic heterocycles. The van der Waals surface area contributed by atoms with Gasteiger partial charge in [-0.25, -0.2) is 4.98 Å². The molecule has 0 atom stereocenters. The van der Waals surface area contributed by atoms with Gasteiger partial charge >= 0.3 is 0 Å². The molecule has 2 aromatic carbocycles. The summed E-state index contributed by atoms with van der Waals surface area (Å²) in [5.41, 5.74) is 4.11. The SMILES string of the molecule is CCc1ccc(Nc2nc3nccc(-c4ccccc4)c3c(=O)[nH]2)cc1. The number of hydrogen-bond acceptors (Lipinski definition) is 4. The monoisotopic (exact) mass is 342 g/mol. The number of aromatic nitrogens is 3. The number of fused-ring (bicyclic) bond motifs is 1. The van der Waals surface area contributed by atoms with E-state index in [1.807, 2.05) is 60.7 Å². The molecule has 0 aliphatic carbocycles. The quantitative estimate of drug-likeness (QED) is 0.580. The lowest BCUT2D eigenvalue weighted by molar-refractivity contribution is 1.13. The highest BCUT2D eigenvalue weighted by molar-refractivity contribution is 5.92. The van der Waals surface area contributed by atoms with E-state index in [-0.39, 0.29) is 5.56 Å². The zero-order valence-electron chi connectivity index (χ0n) is 14.4. The first-order valence-corrected chi connectivity index (χ1v) is 8.55. The predicted octanol–water partition coefficient (Wildman–Crippen LogP) is 4.29. The van der Waals surface area contributed by atoms with Gasteiger partial charge in [0.05, 0.1) is 5.39 Å². The Labute approximate surface area is 150 Å². The lowest BCUT2D eigenvalue weighted by Gasteiger charge is -2.09. The van der Waals surface area contributed by atoms with Crippen molar-refractivity contribution in [1.82, 2.24) is 15.0 Å². The van der Waals surface area contributed by atoms with Gasteiger partial charge in [-0.05, 0) is 41.3 Å². The molecule has 2 N–H and O–H groups in total. The Morgan fingerprint density at radius 1 is 1.00 bits per heavy atom. The molecular formula is C21H18N4O. The smallest absolute Gasteiger partial charge is 0.262 e. The van der Waals surface area contributed by atoms with E-state index in [4.69, 9.17) is 0 Å². The first-order chi connectivity index (χ1) is 12.7. The number of pyridine rings is 1. The van der Waals surface area contributed by atoms with E-state index in [0.29, 0.717) is 17.0 Å². The number of H-pyrrole nitrogens is 1. The third kappa shape index (κ3) is 3.07. The van der Waals surface area contributed by atoms with Crippen LogP contribution in [0.15, 0.2) is 71.7 Å². The molecule has 0 amide bonds. The molecule has 128 valence electrons. The van der Waals surface area contributed by atoms with E-state index in [0.717, 1.165) is 23.2 Å². The average molecular weight is 342 g/mol. The molecule has 0 spiro atoms. The van der Waals surface area contributed by atoms with Gasteiger partial charge in [-0.3, -0.25) is 9.78 Å². The first kappa shape index (κ1) is 16.0. The second-order valence-electron chi connectivity index (χ2n) is 6.01. The van der Waals surface area contributed by atoms with Crippen LogP contribution in [0.1, 0.15) is 12.5 Å². The van der Waals surface area contributed by atoms with Gasteiger partial charge in [0, 0.05) is 11.9 Å². The van der Waals surface area contributed by atoms with Gasteiger partial charge in [-0.15, -0.1) is 0 Å². The molecule has 5 heteroatoms. The largest absolute Gasteiger partial charge is 0.326 e. The summed E-state index contributed by atoms with van der Waals surface area (Å²) in [6.45, 7) is 2.11. The summed E-state index contributed by atoms with van der Waals surface area (Å²) >= 11 is 0. The Bertz CT molecular complexity index is 1100. The Kier molecular flexibility index (Phi) is 4.19. The maximum Gasteiger partial charge on any atom is 0.262 e. The fraction of sp³-hybridized carbons (Fsp3) is 0.0952. The number of nitrogens with zero attached hydrogens (tertiary/aromatic N) is 2. The number of benzene rings is 2. The van der Waals surface area contributed by atoms with Gasteiger partial charge in [0.15, 0.2) is 5.65 Å². The highest BCUT2D eigenvalue weighted by Gasteiger charge is 2.11. The van der Waals surface area contributed by atoms with Crippen molar-refractivity contribution in [2.75, 3.05) is 5.32 Å². The van der Waals surface area contributed by atoms with Crippen molar-refractivity contribution in [2.45, 2.75) is 13.3 Å². The molecule has 2 heterocycles.